The zero-order chi connectivity index (χ0) is 18.0. The van der Waals surface area contributed by atoms with Gasteiger partial charge in [-0.2, -0.15) is 0 Å². The molecule has 3 aromatic heterocycles. The number of hydrogen-bond acceptors (Lipinski definition) is 6. The first-order valence-corrected chi connectivity index (χ1v) is 9.95. The molecule has 0 aliphatic carbocycles. The van der Waals surface area contributed by atoms with Crippen LogP contribution in [0.5, 0.6) is 0 Å². The Balaban J connectivity index is 1.76. The fourth-order valence-corrected chi connectivity index (χ4v) is 4.42. The highest BCUT2D eigenvalue weighted by Crippen LogP contribution is 2.33. The highest BCUT2D eigenvalue weighted by atomic mass is 35.5. The van der Waals surface area contributed by atoms with E-state index in [0.29, 0.717) is 15.9 Å². The first kappa shape index (κ1) is 18.4. The Morgan fingerprint density at radius 2 is 2.12 bits per heavy atom. The van der Waals surface area contributed by atoms with Gasteiger partial charge in [0.2, 0.25) is 5.91 Å². The van der Waals surface area contributed by atoms with Gasteiger partial charge in [0.1, 0.15) is 16.2 Å². The van der Waals surface area contributed by atoms with Crippen molar-refractivity contribution in [2.45, 2.75) is 30.5 Å². The maximum absolute atomic E-state index is 12.4. The van der Waals surface area contributed by atoms with Crippen LogP contribution in [0.25, 0.3) is 10.2 Å². The minimum absolute atomic E-state index is 0.209. The fourth-order valence-electron chi connectivity index (χ4n) is 2.10. The number of fused-ring (bicyclic) bond motifs is 1. The predicted octanol–water partition coefficient (Wildman–Crippen LogP) is 5.07. The van der Waals surface area contributed by atoms with Crippen molar-refractivity contribution >= 4 is 68.2 Å². The summed E-state index contributed by atoms with van der Waals surface area (Å²) < 4.78 is 0. The van der Waals surface area contributed by atoms with Gasteiger partial charge in [-0.05, 0) is 25.5 Å². The highest BCUT2D eigenvalue weighted by molar-refractivity contribution is 8.00. The van der Waals surface area contributed by atoms with E-state index in [1.807, 2.05) is 6.92 Å². The third kappa shape index (κ3) is 4.23. The van der Waals surface area contributed by atoms with Crippen LogP contribution in [-0.2, 0) is 11.2 Å². The molecule has 1 unspecified atom stereocenters. The molecular formula is C16H14Cl2N4OS2. The van der Waals surface area contributed by atoms with Crippen LogP contribution in [0.3, 0.4) is 0 Å². The SMILES string of the molecule is CCc1cc2c(SC(C)C(=O)Nc3ncc(Cl)cc3Cl)ncnc2s1. The summed E-state index contributed by atoms with van der Waals surface area (Å²) in [4.78, 5) is 27.3. The topological polar surface area (TPSA) is 67.8 Å². The quantitative estimate of drug-likeness (QED) is 0.467. The molecule has 0 aliphatic heterocycles. The number of pyridine rings is 1. The van der Waals surface area contributed by atoms with E-state index in [1.54, 1.807) is 11.3 Å². The van der Waals surface area contributed by atoms with E-state index in [-0.39, 0.29) is 11.2 Å². The maximum Gasteiger partial charge on any atom is 0.238 e. The molecule has 0 aromatic carbocycles. The van der Waals surface area contributed by atoms with Crippen LogP contribution in [0.2, 0.25) is 10.0 Å². The molecule has 0 spiro atoms. The molecule has 0 saturated heterocycles. The van der Waals surface area contributed by atoms with E-state index in [2.05, 4.69) is 33.3 Å². The van der Waals surface area contributed by atoms with Crippen molar-refractivity contribution < 1.29 is 4.79 Å². The molecule has 0 fully saturated rings. The van der Waals surface area contributed by atoms with Crippen molar-refractivity contribution in [1.82, 2.24) is 15.0 Å². The predicted molar refractivity (Wildman–Crippen MR) is 105 cm³/mol. The molecule has 130 valence electrons. The van der Waals surface area contributed by atoms with Gasteiger partial charge in [-0.25, -0.2) is 15.0 Å². The van der Waals surface area contributed by atoms with E-state index < -0.39 is 0 Å². The summed E-state index contributed by atoms with van der Waals surface area (Å²) in [5.41, 5.74) is 0. The lowest BCUT2D eigenvalue weighted by Crippen LogP contribution is -2.23. The average molecular weight is 413 g/mol. The number of carbonyl (C=O) groups excluding carboxylic acids is 1. The van der Waals surface area contributed by atoms with Gasteiger partial charge in [0.05, 0.1) is 15.3 Å². The van der Waals surface area contributed by atoms with Gasteiger partial charge in [0, 0.05) is 16.5 Å². The number of hydrogen-bond donors (Lipinski definition) is 1. The zero-order valence-electron chi connectivity index (χ0n) is 13.4. The normalized spacial score (nSPS) is 12.3. The van der Waals surface area contributed by atoms with Crippen LogP contribution < -0.4 is 5.32 Å². The molecule has 3 heterocycles. The second-order valence-electron chi connectivity index (χ2n) is 5.20. The largest absolute Gasteiger partial charge is 0.308 e. The zero-order valence-corrected chi connectivity index (χ0v) is 16.6. The summed E-state index contributed by atoms with van der Waals surface area (Å²) in [6.45, 7) is 3.91. The lowest BCUT2D eigenvalue weighted by molar-refractivity contribution is -0.115. The number of amides is 1. The second kappa shape index (κ2) is 7.86. The Hall–Kier alpha value is -1.41. The van der Waals surface area contributed by atoms with Crippen LogP contribution in [-0.4, -0.2) is 26.1 Å². The van der Waals surface area contributed by atoms with Crippen molar-refractivity contribution in [3.8, 4) is 0 Å². The number of aromatic nitrogens is 3. The standard InChI is InChI=1S/C16H14Cl2N4OS2/c1-3-10-5-11-15(20-7-21-16(11)25-10)24-8(2)14(23)22-13-12(18)4-9(17)6-19-13/h4-8H,3H2,1-2H3,(H,19,22,23). The van der Waals surface area contributed by atoms with Gasteiger partial charge in [0.15, 0.2) is 5.82 Å². The Morgan fingerprint density at radius 1 is 1.32 bits per heavy atom. The number of aryl methyl sites for hydroxylation is 1. The van der Waals surface area contributed by atoms with Gasteiger partial charge in [-0.3, -0.25) is 4.79 Å². The molecule has 1 N–H and O–H groups in total. The third-order valence-corrected chi connectivity index (χ3v) is 6.20. The van der Waals surface area contributed by atoms with Crippen LogP contribution in [0.1, 0.15) is 18.7 Å². The third-order valence-electron chi connectivity index (χ3n) is 3.40. The lowest BCUT2D eigenvalue weighted by Gasteiger charge is -2.12. The number of halogens is 2. The smallest absolute Gasteiger partial charge is 0.238 e. The fraction of sp³-hybridized carbons (Fsp3) is 0.250. The molecule has 3 aromatic rings. The molecule has 25 heavy (non-hydrogen) atoms. The summed E-state index contributed by atoms with van der Waals surface area (Å²) in [7, 11) is 0. The molecule has 9 heteroatoms. The number of thioether (sulfide) groups is 1. The second-order valence-corrected chi connectivity index (χ2v) is 8.49. The molecule has 1 atom stereocenters. The average Bonchev–Trinajstić information content (AvgIpc) is 3.01. The Morgan fingerprint density at radius 3 is 2.84 bits per heavy atom. The number of rotatable bonds is 5. The van der Waals surface area contributed by atoms with Gasteiger partial charge < -0.3 is 5.32 Å². The Bertz CT molecular complexity index is 932. The molecule has 1 amide bonds. The molecule has 3 rings (SSSR count). The van der Waals surface area contributed by atoms with E-state index in [0.717, 1.165) is 21.7 Å². The highest BCUT2D eigenvalue weighted by Gasteiger charge is 2.19. The summed E-state index contributed by atoms with van der Waals surface area (Å²) >= 11 is 14.9. The van der Waals surface area contributed by atoms with E-state index in [4.69, 9.17) is 23.2 Å². The number of thiophene rings is 1. The van der Waals surface area contributed by atoms with Gasteiger partial charge in [0.25, 0.3) is 0 Å². The first-order valence-electron chi connectivity index (χ1n) is 7.50. The molecule has 0 saturated carbocycles. The number of anilines is 1. The molecular weight excluding hydrogens is 399 g/mol. The van der Waals surface area contributed by atoms with Crippen molar-refractivity contribution in [3.05, 3.63) is 39.6 Å². The summed E-state index contributed by atoms with van der Waals surface area (Å²) in [6.07, 6.45) is 3.91. The first-order chi connectivity index (χ1) is 12.0. The number of nitrogens with zero attached hydrogens (tertiary/aromatic N) is 3. The van der Waals surface area contributed by atoms with E-state index in [1.165, 1.54) is 35.2 Å². The molecule has 0 aliphatic rings. The minimum Gasteiger partial charge on any atom is -0.308 e. The summed E-state index contributed by atoms with van der Waals surface area (Å²) in [5, 5.41) is 4.83. The van der Waals surface area contributed by atoms with E-state index in [9.17, 15) is 4.79 Å². The van der Waals surface area contributed by atoms with Gasteiger partial charge in [-0.1, -0.05) is 41.9 Å². The molecule has 5 nitrogen and oxygen atoms in total. The summed E-state index contributed by atoms with van der Waals surface area (Å²) in [6, 6.07) is 3.62. The maximum atomic E-state index is 12.4. The van der Waals surface area contributed by atoms with Crippen LogP contribution in [0.15, 0.2) is 29.7 Å². The Kier molecular flexibility index (Phi) is 5.78. The number of nitrogens with one attached hydrogen (secondary N) is 1. The molecule has 0 radical (unpaired) electrons. The number of carbonyl (C=O) groups is 1. The van der Waals surface area contributed by atoms with Crippen molar-refractivity contribution in [1.29, 1.82) is 0 Å². The minimum atomic E-state index is -0.378. The van der Waals surface area contributed by atoms with Crippen molar-refractivity contribution in [2.75, 3.05) is 5.32 Å². The summed E-state index contributed by atoms with van der Waals surface area (Å²) in [5.74, 6) is 0.0829. The van der Waals surface area contributed by atoms with Gasteiger partial charge in [-0.15, -0.1) is 11.3 Å². The van der Waals surface area contributed by atoms with Crippen molar-refractivity contribution in [2.24, 2.45) is 0 Å². The monoisotopic (exact) mass is 412 g/mol. The van der Waals surface area contributed by atoms with Crippen LogP contribution in [0, 0.1) is 0 Å². The van der Waals surface area contributed by atoms with E-state index >= 15 is 0 Å². The van der Waals surface area contributed by atoms with Gasteiger partial charge >= 0.3 is 0 Å². The van der Waals surface area contributed by atoms with Crippen LogP contribution in [0.4, 0.5) is 5.82 Å². The lowest BCUT2D eigenvalue weighted by atomic mass is 10.3. The molecule has 0 bridgehead atoms. The van der Waals surface area contributed by atoms with Crippen molar-refractivity contribution in [3.63, 3.8) is 0 Å². The van der Waals surface area contributed by atoms with Crippen LogP contribution >= 0.6 is 46.3 Å². The Labute approximate surface area is 163 Å².